The van der Waals surface area contributed by atoms with Crippen LogP contribution in [-0.2, 0) is 0 Å². The van der Waals surface area contributed by atoms with E-state index in [1.807, 2.05) is 25.3 Å². The molecule has 1 saturated heterocycles. The zero-order chi connectivity index (χ0) is 14.9. The highest BCUT2D eigenvalue weighted by molar-refractivity contribution is 7.10. The monoisotopic (exact) mass is 312 g/mol. The number of pyridine rings is 1. The molecule has 22 heavy (non-hydrogen) atoms. The zero-order valence-corrected chi connectivity index (χ0v) is 13.1. The molecule has 4 rings (SSSR count). The average molecular weight is 312 g/mol. The highest BCUT2D eigenvalue weighted by atomic mass is 32.1. The van der Waals surface area contributed by atoms with E-state index in [9.17, 15) is 0 Å². The Morgan fingerprint density at radius 3 is 3.05 bits per heavy atom. The quantitative estimate of drug-likeness (QED) is 0.735. The number of thiophene rings is 1. The van der Waals surface area contributed by atoms with Crippen molar-refractivity contribution in [2.45, 2.75) is 25.8 Å². The lowest BCUT2D eigenvalue weighted by Gasteiger charge is -2.26. The predicted molar refractivity (Wildman–Crippen MR) is 85.9 cm³/mol. The molecule has 0 aliphatic carbocycles. The fraction of sp³-hybridized carbons (Fsp3) is 0.312. The highest BCUT2D eigenvalue weighted by Gasteiger charge is 2.30. The van der Waals surface area contributed by atoms with Gasteiger partial charge >= 0.3 is 0 Å². The third-order valence-electron chi connectivity index (χ3n) is 3.94. The second kappa shape index (κ2) is 5.53. The molecule has 4 heterocycles. The van der Waals surface area contributed by atoms with Crippen molar-refractivity contribution in [2.24, 2.45) is 0 Å². The van der Waals surface area contributed by atoms with Gasteiger partial charge < -0.3 is 9.42 Å². The Balaban J connectivity index is 1.76. The fourth-order valence-corrected chi connectivity index (χ4v) is 3.87. The van der Waals surface area contributed by atoms with Gasteiger partial charge in [-0.3, -0.25) is 0 Å². The van der Waals surface area contributed by atoms with Crippen molar-refractivity contribution >= 4 is 17.2 Å². The number of hydrogen-bond acceptors (Lipinski definition) is 6. The summed E-state index contributed by atoms with van der Waals surface area (Å²) in [5, 5.41) is 6.03. The summed E-state index contributed by atoms with van der Waals surface area (Å²) >= 11 is 1.80. The minimum absolute atomic E-state index is 0.387. The molecule has 1 aliphatic rings. The molecule has 0 spiro atoms. The molecule has 0 aromatic carbocycles. The molecule has 0 unspecified atom stereocenters. The van der Waals surface area contributed by atoms with Crippen molar-refractivity contribution in [2.75, 3.05) is 11.4 Å². The summed E-state index contributed by atoms with van der Waals surface area (Å²) in [7, 11) is 0. The lowest BCUT2D eigenvalue weighted by atomic mass is 10.1. The van der Waals surface area contributed by atoms with E-state index in [1.165, 1.54) is 11.3 Å². The van der Waals surface area contributed by atoms with Crippen LogP contribution in [0.4, 0.5) is 5.82 Å². The van der Waals surface area contributed by atoms with Crippen LogP contribution < -0.4 is 4.90 Å². The van der Waals surface area contributed by atoms with E-state index in [1.54, 1.807) is 11.3 Å². The topological polar surface area (TPSA) is 55.1 Å². The molecule has 1 fully saturated rings. The van der Waals surface area contributed by atoms with Gasteiger partial charge in [-0.1, -0.05) is 11.2 Å². The van der Waals surface area contributed by atoms with Crippen molar-refractivity contribution in [1.82, 2.24) is 15.1 Å². The Hall–Kier alpha value is -2.21. The minimum atomic E-state index is 0.387. The normalized spacial score (nSPS) is 18.0. The summed E-state index contributed by atoms with van der Waals surface area (Å²) in [5.41, 5.74) is 0.909. The van der Waals surface area contributed by atoms with E-state index in [-0.39, 0.29) is 0 Å². The number of nitrogens with zero attached hydrogens (tertiary/aromatic N) is 4. The van der Waals surface area contributed by atoms with E-state index in [0.717, 1.165) is 24.3 Å². The lowest BCUT2D eigenvalue weighted by Crippen LogP contribution is -2.23. The maximum atomic E-state index is 5.35. The van der Waals surface area contributed by atoms with E-state index in [0.29, 0.717) is 17.8 Å². The smallest absolute Gasteiger partial charge is 0.261 e. The molecule has 0 N–H and O–H groups in total. The summed E-state index contributed by atoms with van der Waals surface area (Å²) in [6.45, 7) is 2.83. The van der Waals surface area contributed by atoms with Crippen LogP contribution in [0.15, 0.2) is 40.4 Å². The maximum Gasteiger partial charge on any atom is 0.261 e. The van der Waals surface area contributed by atoms with E-state index >= 15 is 0 Å². The minimum Gasteiger partial charge on any atom is -0.348 e. The SMILES string of the molecule is Cc1noc(-c2cccnc2N2CCC[C@H]2c2cccs2)n1. The van der Waals surface area contributed by atoms with Crippen molar-refractivity contribution in [3.8, 4) is 11.5 Å². The molecule has 1 aliphatic heterocycles. The Bertz CT molecular complexity index is 768. The first-order valence-electron chi connectivity index (χ1n) is 7.38. The van der Waals surface area contributed by atoms with Crippen molar-refractivity contribution in [3.05, 3.63) is 46.5 Å². The van der Waals surface area contributed by atoms with Crippen LogP contribution in [-0.4, -0.2) is 21.7 Å². The largest absolute Gasteiger partial charge is 0.348 e. The first kappa shape index (κ1) is 13.5. The Morgan fingerprint density at radius 1 is 1.32 bits per heavy atom. The highest BCUT2D eigenvalue weighted by Crippen LogP contribution is 2.40. The number of aryl methyl sites for hydroxylation is 1. The van der Waals surface area contributed by atoms with Gasteiger partial charge in [-0.15, -0.1) is 11.3 Å². The van der Waals surface area contributed by atoms with Crippen LogP contribution in [0.3, 0.4) is 0 Å². The molecule has 5 nitrogen and oxygen atoms in total. The van der Waals surface area contributed by atoms with Crippen LogP contribution >= 0.6 is 11.3 Å². The number of aromatic nitrogens is 3. The van der Waals surface area contributed by atoms with Gasteiger partial charge in [0.15, 0.2) is 5.82 Å². The molecular formula is C16H16N4OS. The number of rotatable bonds is 3. The van der Waals surface area contributed by atoms with Gasteiger partial charge in [-0.05, 0) is 43.3 Å². The molecule has 112 valence electrons. The van der Waals surface area contributed by atoms with Gasteiger partial charge in [0.2, 0.25) is 0 Å². The van der Waals surface area contributed by atoms with Gasteiger partial charge in [-0.2, -0.15) is 4.98 Å². The molecule has 0 amide bonds. The summed E-state index contributed by atoms with van der Waals surface area (Å²) in [6, 6.07) is 8.61. The van der Waals surface area contributed by atoms with Crippen molar-refractivity contribution in [1.29, 1.82) is 0 Å². The second-order valence-electron chi connectivity index (χ2n) is 5.39. The Morgan fingerprint density at radius 2 is 2.27 bits per heavy atom. The first-order chi connectivity index (χ1) is 10.8. The Labute approximate surface area is 132 Å². The molecule has 0 radical (unpaired) electrons. The van der Waals surface area contributed by atoms with E-state index in [4.69, 9.17) is 4.52 Å². The Kier molecular flexibility index (Phi) is 3.38. The van der Waals surface area contributed by atoms with Gasteiger partial charge in [0.05, 0.1) is 11.6 Å². The summed E-state index contributed by atoms with van der Waals surface area (Å²) in [4.78, 5) is 12.7. The molecule has 6 heteroatoms. The fourth-order valence-electron chi connectivity index (χ4n) is 3.00. The van der Waals surface area contributed by atoms with E-state index < -0.39 is 0 Å². The van der Waals surface area contributed by atoms with Crippen LogP contribution in [0.25, 0.3) is 11.5 Å². The average Bonchev–Trinajstić information content (AvgIpc) is 3.28. The molecule has 3 aromatic heterocycles. The van der Waals surface area contributed by atoms with Crippen molar-refractivity contribution in [3.63, 3.8) is 0 Å². The predicted octanol–water partition coefficient (Wildman–Crippen LogP) is 3.84. The first-order valence-corrected chi connectivity index (χ1v) is 8.26. The molecule has 1 atom stereocenters. The van der Waals surface area contributed by atoms with Crippen LogP contribution in [0.5, 0.6) is 0 Å². The van der Waals surface area contributed by atoms with Crippen LogP contribution in [0.1, 0.15) is 29.6 Å². The van der Waals surface area contributed by atoms with Crippen molar-refractivity contribution < 1.29 is 4.52 Å². The standard InChI is InChI=1S/C16H16N4OS/c1-11-18-16(21-19-11)12-5-2-8-17-15(12)20-9-3-6-13(20)14-7-4-10-22-14/h2,4-5,7-8,10,13H,3,6,9H2,1H3/t13-/m0/s1. The van der Waals surface area contributed by atoms with Gasteiger partial charge in [-0.25, -0.2) is 4.98 Å². The second-order valence-corrected chi connectivity index (χ2v) is 6.37. The maximum absolute atomic E-state index is 5.35. The zero-order valence-electron chi connectivity index (χ0n) is 12.3. The van der Waals surface area contributed by atoms with Gasteiger partial charge in [0.1, 0.15) is 5.82 Å². The lowest BCUT2D eigenvalue weighted by molar-refractivity contribution is 0.425. The molecule has 0 saturated carbocycles. The summed E-state index contributed by atoms with van der Waals surface area (Å²) < 4.78 is 5.35. The van der Waals surface area contributed by atoms with Gasteiger partial charge in [0.25, 0.3) is 5.89 Å². The summed E-state index contributed by atoms with van der Waals surface area (Å²) in [6.07, 6.45) is 4.15. The van der Waals surface area contributed by atoms with Crippen LogP contribution in [0.2, 0.25) is 0 Å². The molecule has 3 aromatic rings. The third kappa shape index (κ3) is 2.29. The van der Waals surface area contributed by atoms with Crippen LogP contribution in [0, 0.1) is 6.92 Å². The third-order valence-corrected chi connectivity index (χ3v) is 4.91. The number of hydrogen-bond donors (Lipinski definition) is 0. The van der Waals surface area contributed by atoms with E-state index in [2.05, 4.69) is 37.5 Å². The van der Waals surface area contributed by atoms with Gasteiger partial charge in [0, 0.05) is 17.6 Å². The molecule has 0 bridgehead atoms. The molecular weight excluding hydrogens is 296 g/mol. The summed E-state index contributed by atoms with van der Waals surface area (Å²) in [5.74, 6) is 2.11. The number of anilines is 1.